The first kappa shape index (κ1) is 21.8. The smallest absolute Gasteiger partial charge is 0.219 e. The molecule has 2 N–H and O–H groups in total. The molecule has 8 heteroatoms. The first-order valence-electron chi connectivity index (χ1n) is 11.8. The molecule has 5 rings (SSSR count). The van der Waals surface area contributed by atoms with Gasteiger partial charge < -0.3 is 15.2 Å². The summed E-state index contributed by atoms with van der Waals surface area (Å²) in [6.07, 6.45) is 8.31. The molecule has 0 saturated carbocycles. The monoisotopic (exact) mass is 449 g/mol. The summed E-state index contributed by atoms with van der Waals surface area (Å²) in [4.78, 5) is 17.1. The number of nitrogen functional groups attached to an aromatic ring is 1. The molecule has 0 amide bonds. The largest absolute Gasteiger partial charge is 0.373 e. The van der Waals surface area contributed by atoms with Crippen LogP contribution in [0.3, 0.4) is 0 Å². The Morgan fingerprint density at radius 3 is 2.52 bits per heavy atom. The van der Waals surface area contributed by atoms with Crippen molar-refractivity contribution >= 4 is 17.0 Å². The van der Waals surface area contributed by atoms with E-state index in [9.17, 15) is 0 Å². The van der Waals surface area contributed by atoms with Gasteiger partial charge in [-0.1, -0.05) is 12.6 Å². The SMILES string of the molecule is C=C(N1CCC(n2cnc3cc(C)ccc32)CC1)C1(F)CCN(Cc2cnc(N)nc2)CC1. The number of halogens is 1. The number of piperidine rings is 2. The molecule has 0 radical (unpaired) electrons. The predicted molar refractivity (Wildman–Crippen MR) is 128 cm³/mol. The van der Waals surface area contributed by atoms with E-state index in [4.69, 9.17) is 5.73 Å². The van der Waals surface area contributed by atoms with Gasteiger partial charge >= 0.3 is 0 Å². The van der Waals surface area contributed by atoms with Crippen molar-refractivity contribution < 1.29 is 4.39 Å². The highest BCUT2D eigenvalue weighted by molar-refractivity contribution is 5.76. The predicted octanol–water partition coefficient (Wildman–Crippen LogP) is 3.87. The van der Waals surface area contributed by atoms with Crippen LogP contribution >= 0.6 is 0 Å². The standard InChI is InChI=1S/C25H32FN7/c1-18-3-4-23-22(13-18)30-17-33(23)21-5-9-32(10-6-21)19(2)25(26)7-11-31(12-8-25)16-20-14-28-24(27)29-15-20/h3-4,13-15,17,21H,2,5-12,16H2,1H3,(H2,27,28,29). The number of anilines is 1. The Kier molecular flexibility index (Phi) is 5.78. The second-order valence-corrected chi connectivity index (χ2v) is 9.50. The molecule has 3 aromatic rings. The average molecular weight is 450 g/mol. The van der Waals surface area contributed by atoms with Gasteiger partial charge in [0.15, 0.2) is 5.67 Å². The van der Waals surface area contributed by atoms with Gasteiger partial charge in [0.1, 0.15) is 0 Å². The molecule has 2 aliphatic heterocycles. The number of alkyl halides is 1. The van der Waals surface area contributed by atoms with Gasteiger partial charge in [-0.3, -0.25) is 4.90 Å². The molecule has 1 aromatic carbocycles. The number of aryl methyl sites for hydroxylation is 1. The van der Waals surface area contributed by atoms with Crippen LogP contribution in [0.5, 0.6) is 0 Å². The minimum Gasteiger partial charge on any atom is -0.373 e. The lowest BCUT2D eigenvalue weighted by Gasteiger charge is -2.43. The fourth-order valence-corrected chi connectivity index (χ4v) is 5.19. The molecule has 0 unspecified atom stereocenters. The zero-order chi connectivity index (χ0) is 23.0. The number of rotatable bonds is 5. The molecule has 7 nitrogen and oxygen atoms in total. The molecule has 0 atom stereocenters. The van der Waals surface area contributed by atoms with Crippen molar-refractivity contribution in [2.75, 3.05) is 31.9 Å². The third-order valence-electron chi connectivity index (χ3n) is 7.27. The molecule has 2 aliphatic rings. The second-order valence-electron chi connectivity index (χ2n) is 9.50. The van der Waals surface area contributed by atoms with E-state index in [0.29, 0.717) is 44.2 Å². The first-order chi connectivity index (χ1) is 15.9. The normalized spacial score (nSPS) is 19.8. The molecule has 2 fully saturated rings. The Labute approximate surface area is 194 Å². The summed E-state index contributed by atoms with van der Waals surface area (Å²) in [6.45, 7) is 10.1. The third kappa shape index (κ3) is 4.44. The first-order valence-corrected chi connectivity index (χ1v) is 11.8. The lowest BCUT2D eigenvalue weighted by atomic mass is 9.88. The molecule has 33 heavy (non-hydrogen) atoms. The van der Waals surface area contributed by atoms with E-state index in [1.165, 1.54) is 11.1 Å². The lowest BCUT2D eigenvalue weighted by Crippen LogP contribution is -2.47. The van der Waals surface area contributed by atoms with E-state index >= 15 is 4.39 Å². The fourth-order valence-electron chi connectivity index (χ4n) is 5.19. The molecule has 2 saturated heterocycles. The van der Waals surface area contributed by atoms with Crippen molar-refractivity contribution in [3.8, 4) is 0 Å². The van der Waals surface area contributed by atoms with E-state index in [1.54, 1.807) is 12.4 Å². The zero-order valence-corrected chi connectivity index (χ0v) is 19.3. The molecule has 0 bridgehead atoms. The molecule has 0 spiro atoms. The van der Waals surface area contributed by atoms with Crippen LogP contribution < -0.4 is 5.73 Å². The number of imidazole rings is 1. The van der Waals surface area contributed by atoms with Crippen molar-refractivity contribution in [3.63, 3.8) is 0 Å². The van der Waals surface area contributed by atoms with Gasteiger partial charge in [-0.15, -0.1) is 0 Å². The maximum Gasteiger partial charge on any atom is 0.219 e. The molecule has 4 heterocycles. The maximum absolute atomic E-state index is 15.9. The summed E-state index contributed by atoms with van der Waals surface area (Å²) >= 11 is 0. The fraction of sp³-hybridized carbons (Fsp3) is 0.480. The van der Waals surface area contributed by atoms with E-state index in [2.05, 4.69) is 61.0 Å². The molecular formula is C25H32FN7. The molecular weight excluding hydrogens is 417 g/mol. The highest BCUT2D eigenvalue weighted by Crippen LogP contribution is 2.37. The van der Waals surface area contributed by atoms with Crippen LogP contribution in [0.15, 0.2) is 49.2 Å². The summed E-state index contributed by atoms with van der Waals surface area (Å²) in [5, 5.41) is 0. The van der Waals surface area contributed by atoms with E-state index in [0.717, 1.165) is 37.0 Å². The van der Waals surface area contributed by atoms with E-state index in [1.807, 2.05) is 6.33 Å². The number of hydrogen-bond acceptors (Lipinski definition) is 6. The highest BCUT2D eigenvalue weighted by atomic mass is 19.1. The molecule has 174 valence electrons. The van der Waals surface area contributed by atoms with Crippen LogP contribution in [0.2, 0.25) is 0 Å². The average Bonchev–Trinajstić information content (AvgIpc) is 3.25. The summed E-state index contributed by atoms with van der Waals surface area (Å²) in [6, 6.07) is 6.81. The Morgan fingerprint density at radius 1 is 1.12 bits per heavy atom. The number of nitrogens with zero attached hydrogens (tertiary/aromatic N) is 6. The van der Waals surface area contributed by atoms with Gasteiger partial charge in [0, 0.05) is 62.4 Å². The van der Waals surface area contributed by atoms with Gasteiger partial charge in [0.25, 0.3) is 0 Å². The number of nitrogens with two attached hydrogens (primary N) is 1. The highest BCUT2D eigenvalue weighted by Gasteiger charge is 2.40. The Bertz CT molecular complexity index is 1120. The summed E-state index contributed by atoms with van der Waals surface area (Å²) in [5.41, 5.74) is 9.33. The molecule has 0 aliphatic carbocycles. The summed E-state index contributed by atoms with van der Waals surface area (Å²) < 4.78 is 18.2. The van der Waals surface area contributed by atoms with Gasteiger partial charge in [-0.05, 0) is 50.3 Å². The van der Waals surface area contributed by atoms with Crippen LogP contribution in [0.25, 0.3) is 11.0 Å². The number of aromatic nitrogens is 4. The Hall–Kier alpha value is -3.00. The van der Waals surface area contributed by atoms with Crippen LogP contribution in [-0.2, 0) is 6.54 Å². The van der Waals surface area contributed by atoms with Crippen LogP contribution in [0.4, 0.5) is 10.3 Å². The van der Waals surface area contributed by atoms with Crippen molar-refractivity contribution in [3.05, 3.63) is 60.3 Å². The lowest BCUT2D eigenvalue weighted by molar-refractivity contribution is 0.0522. The van der Waals surface area contributed by atoms with Gasteiger partial charge in [-0.2, -0.15) is 0 Å². The second kappa shape index (κ2) is 8.74. The van der Waals surface area contributed by atoms with E-state index < -0.39 is 5.67 Å². The summed E-state index contributed by atoms with van der Waals surface area (Å²) in [5.74, 6) is 0.275. The number of allylic oxidation sites excluding steroid dienone is 1. The third-order valence-corrected chi connectivity index (χ3v) is 7.27. The molecule has 2 aromatic heterocycles. The van der Waals surface area contributed by atoms with Crippen LogP contribution in [0, 0.1) is 6.92 Å². The van der Waals surface area contributed by atoms with Gasteiger partial charge in [-0.25, -0.2) is 19.3 Å². The van der Waals surface area contributed by atoms with Crippen LogP contribution in [-0.4, -0.2) is 61.2 Å². The van der Waals surface area contributed by atoms with Gasteiger partial charge in [0.2, 0.25) is 5.95 Å². The minimum atomic E-state index is -1.33. The van der Waals surface area contributed by atoms with Gasteiger partial charge in [0.05, 0.1) is 17.4 Å². The number of likely N-dealkylation sites (tertiary alicyclic amines) is 2. The number of fused-ring (bicyclic) bond motifs is 1. The number of hydrogen-bond donors (Lipinski definition) is 1. The maximum atomic E-state index is 15.9. The minimum absolute atomic E-state index is 0.275. The van der Waals surface area contributed by atoms with Crippen molar-refractivity contribution in [2.24, 2.45) is 0 Å². The van der Waals surface area contributed by atoms with Crippen LogP contribution in [0.1, 0.15) is 42.9 Å². The van der Waals surface area contributed by atoms with Crippen molar-refractivity contribution in [2.45, 2.75) is 50.9 Å². The Morgan fingerprint density at radius 2 is 1.82 bits per heavy atom. The van der Waals surface area contributed by atoms with E-state index in [-0.39, 0.29) is 5.95 Å². The zero-order valence-electron chi connectivity index (χ0n) is 19.3. The quantitative estimate of drug-likeness (QED) is 0.637. The topological polar surface area (TPSA) is 76.1 Å². The summed E-state index contributed by atoms with van der Waals surface area (Å²) in [7, 11) is 0. The van der Waals surface area contributed by atoms with Crippen molar-refractivity contribution in [1.29, 1.82) is 0 Å². The Balaban J connectivity index is 1.16. The van der Waals surface area contributed by atoms with Crippen molar-refractivity contribution in [1.82, 2.24) is 29.3 Å². The number of benzene rings is 1.